The second-order valence-corrected chi connectivity index (χ2v) is 6.52. The van der Waals surface area contributed by atoms with Crippen molar-refractivity contribution in [2.75, 3.05) is 11.4 Å². The molecule has 4 nitrogen and oxygen atoms in total. The van der Waals surface area contributed by atoms with Crippen molar-refractivity contribution in [1.82, 2.24) is 5.32 Å². The summed E-state index contributed by atoms with van der Waals surface area (Å²) in [6.45, 7) is 2.63. The van der Waals surface area contributed by atoms with Crippen LogP contribution in [0.5, 0.6) is 0 Å². The van der Waals surface area contributed by atoms with Gasteiger partial charge >= 0.3 is 0 Å². The predicted octanol–water partition coefficient (Wildman–Crippen LogP) is 3.79. The standard InChI is InChI=1S/C18H20ClFN2O2/c1-12(4-6-14-3-2-10-24-14)21-17-8-9-22(18(17)23)13-5-7-15(19)16(20)11-13/h2-3,5,7,10-12,17,21H,4,6,8-9H2,1H3/t12-,17+/m1/s1. The van der Waals surface area contributed by atoms with Crippen LogP contribution >= 0.6 is 11.6 Å². The van der Waals surface area contributed by atoms with Crippen LogP contribution in [-0.4, -0.2) is 24.5 Å². The van der Waals surface area contributed by atoms with E-state index in [1.807, 2.05) is 12.1 Å². The maximum absolute atomic E-state index is 13.6. The number of hydrogen-bond acceptors (Lipinski definition) is 3. The molecule has 2 atom stereocenters. The molecule has 2 heterocycles. The van der Waals surface area contributed by atoms with E-state index in [0.29, 0.717) is 18.7 Å². The summed E-state index contributed by atoms with van der Waals surface area (Å²) >= 11 is 5.70. The van der Waals surface area contributed by atoms with Gasteiger partial charge in [-0.25, -0.2) is 4.39 Å². The van der Waals surface area contributed by atoms with Crippen LogP contribution in [0.1, 0.15) is 25.5 Å². The van der Waals surface area contributed by atoms with Gasteiger partial charge in [0.1, 0.15) is 11.6 Å². The summed E-state index contributed by atoms with van der Waals surface area (Å²) in [5.41, 5.74) is 0.550. The number of nitrogens with one attached hydrogen (secondary N) is 1. The van der Waals surface area contributed by atoms with Crippen molar-refractivity contribution in [1.29, 1.82) is 0 Å². The number of amides is 1. The molecule has 1 aromatic carbocycles. The smallest absolute Gasteiger partial charge is 0.244 e. The zero-order valence-corrected chi connectivity index (χ0v) is 14.2. The Morgan fingerprint density at radius 3 is 3.00 bits per heavy atom. The van der Waals surface area contributed by atoms with E-state index in [1.165, 1.54) is 12.1 Å². The number of aryl methyl sites for hydroxylation is 1. The quantitative estimate of drug-likeness (QED) is 0.862. The van der Waals surface area contributed by atoms with Crippen LogP contribution in [-0.2, 0) is 11.2 Å². The predicted molar refractivity (Wildman–Crippen MR) is 91.8 cm³/mol. The Bertz CT molecular complexity index is 705. The summed E-state index contributed by atoms with van der Waals surface area (Å²) in [5.74, 6) is 0.409. The zero-order chi connectivity index (χ0) is 17.1. The highest BCUT2D eigenvalue weighted by atomic mass is 35.5. The van der Waals surface area contributed by atoms with E-state index in [2.05, 4.69) is 12.2 Å². The maximum Gasteiger partial charge on any atom is 0.244 e. The van der Waals surface area contributed by atoms with Crippen molar-refractivity contribution < 1.29 is 13.6 Å². The largest absolute Gasteiger partial charge is 0.469 e. The Hall–Kier alpha value is -1.85. The summed E-state index contributed by atoms with van der Waals surface area (Å²) in [7, 11) is 0. The van der Waals surface area contributed by atoms with Gasteiger partial charge in [-0.1, -0.05) is 11.6 Å². The monoisotopic (exact) mass is 350 g/mol. The summed E-state index contributed by atoms with van der Waals surface area (Å²) in [4.78, 5) is 14.2. The highest BCUT2D eigenvalue weighted by molar-refractivity contribution is 6.30. The number of nitrogens with zero attached hydrogens (tertiary/aromatic N) is 1. The van der Waals surface area contributed by atoms with Gasteiger partial charge in [0.05, 0.1) is 17.3 Å². The fourth-order valence-corrected chi connectivity index (χ4v) is 3.10. The lowest BCUT2D eigenvalue weighted by atomic mass is 10.1. The van der Waals surface area contributed by atoms with Gasteiger partial charge in [0, 0.05) is 24.7 Å². The van der Waals surface area contributed by atoms with Gasteiger partial charge in [0.2, 0.25) is 5.91 Å². The van der Waals surface area contributed by atoms with Crippen molar-refractivity contribution in [3.63, 3.8) is 0 Å². The normalized spacial score (nSPS) is 19.0. The summed E-state index contributed by atoms with van der Waals surface area (Å²) in [6.07, 6.45) is 4.08. The number of anilines is 1. The van der Waals surface area contributed by atoms with E-state index in [0.717, 1.165) is 18.6 Å². The van der Waals surface area contributed by atoms with Gasteiger partial charge in [-0.2, -0.15) is 0 Å². The average molecular weight is 351 g/mol. The van der Waals surface area contributed by atoms with Gasteiger partial charge in [0.15, 0.2) is 0 Å². The zero-order valence-electron chi connectivity index (χ0n) is 13.5. The molecule has 0 bridgehead atoms. The average Bonchev–Trinajstić information content (AvgIpc) is 3.19. The number of furan rings is 1. The molecule has 3 rings (SSSR count). The van der Waals surface area contributed by atoms with E-state index in [4.69, 9.17) is 16.0 Å². The molecule has 1 aromatic heterocycles. The summed E-state index contributed by atoms with van der Waals surface area (Å²) < 4.78 is 18.9. The van der Waals surface area contributed by atoms with Gasteiger partial charge in [-0.15, -0.1) is 0 Å². The van der Waals surface area contributed by atoms with Crippen molar-refractivity contribution >= 4 is 23.2 Å². The van der Waals surface area contributed by atoms with Gasteiger partial charge in [0.25, 0.3) is 0 Å². The number of rotatable bonds is 6. The minimum Gasteiger partial charge on any atom is -0.469 e. The fourth-order valence-electron chi connectivity index (χ4n) is 2.98. The molecular weight excluding hydrogens is 331 g/mol. The molecule has 0 radical (unpaired) electrons. The lowest BCUT2D eigenvalue weighted by Crippen LogP contribution is -2.42. The van der Waals surface area contributed by atoms with Gasteiger partial charge in [-0.3, -0.25) is 4.79 Å². The number of halogens is 2. The molecule has 1 saturated heterocycles. The molecule has 1 amide bonds. The van der Waals surface area contributed by atoms with E-state index in [-0.39, 0.29) is 23.0 Å². The topological polar surface area (TPSA) is 45.5 Å². The molecule has 0 spiro atoms. The van der Waals surface area contributed by atoms with Crippen LogP contribution in [0.25, 0.3) is 0 Å². The molecule has 0 aliphatic carbocycles. The second-order valence-electron chi connectivity index (χ2n) is 6.12. The van der Waals surface area contributed by atoms with Crippen LogP contribution in [0.3, 0.4) is 0 Å². The molecular formula is C18H20ClFN2O2. The third-order valence-corrected chi connectivity index (χ3v) is 4.62. The Morgan fingerprint density at radius 2 is 2.29 bits per heavy atom. The Balaban J connectivity index is 1.56. The Kier molecular flexibility index (Phi) is 5.21. The first-order valence-electron chi connectivity index (χ1n) is 8.09. The minimum atomic E-state index is -0.509. The molecule has 0 unspecified atom stereocenters. The van der Waals surface area contributed by atoms with Crippen molar-refractivity contribution in [3.8, 4) is 0 Å². The lowest BCUT2D eigenvalue weighted by molar-refractivity contribution is -0.119. The van der Waals surface area contributed by atoms with Crippen LogP contribution in [0, 0.1) is 5.82 Å². The van der Waals surface area contributed by atoms with E-state index >= 15 is 0 Å². The van der Waals surface area contributed by atoms with E-state index in [1.54, 1.807) is 17.2 Å². The second kappa shape index (κ2) is 7.36. The first-order chi connectivity index (χ1) is 11.5. The van der Waals surface area contributed by atoms with Crippen LogP contribution in [0.15, 0.2) is 41.0 Å². The van der Waals surface area contributed by atoms with Gasteiger partial charge < -0.3 is 14.6 Å². The minimum absolute atomic E-state index is 0.0263. The van der Waals surface area contributed by atoms with Crippen LogP contribution in [0.2, 0.25) is 5.02 Å². The van der Waals surface area contributed by atoms with Crippen LogP contribution < -0.4 is 10.2 Å². The van der Waals surface area contributed by atoms with Crippen molar-refractivity contribution in [2.24, 2.45) is 0 Å². The van der Waals surface area contributed by atoms with E-state index < -0.39 is 5.82 Å². The fraction of sp³-hybridized carbons (Fsp3) is 0.389. The maximum atomic E-state index is 13.6. The third-order valence-electron chi connectivity index (χ3n) is 4.31. The molecule has 1 N–H and O–H groups in total. The van der Waals surface area contributed by atoms with Crippen molar-refractivity contribution in [2.45, 2.75) is 38.3 Å². The third kappa shape index (κ3) is 3.79. The van der Waals surface area contributed by atoms with Gasteiger partial charge in [-0.05, 0) is 50.1 Å². The number of hydrogen-bond donors (Lipinski definition) is 1. The molecule has 1 fully saturated rings. The SMILES string of the molecule is C[C@H](CCc1ccco1)N[C@H]1CCN(c2ccc(Cl)c(F)c2)C1=O. The molecule has 128 valence electrons. The lowest BCUT2D eigenvalue weighted by Gasteiger charge is -2.20. The van der Waals surface area contributed by atoms with Crippen LogP contribution in [0.4, 0.5) is 10.1 Å². The molecule has 1 aliphatic rings. The van der Waals surface area contributed by atoms with Crippen molar-refractivity contribution in [3.05, 3.63) is 53.2 Å². The molecule has 24 heavy (non-hydrogen) atoms. The molecule has 2 aromatic rings. The number of carbonyl (C=O) groups excluding carboxylic acids is 1. The summed E-state index contributed by atoms with van der Waals surface area (Å²) in [5, 5.41) is 3.43. The summed E-state index contributed by atoms with van der Waals surface area (Å²) in [6, 6.07) is 8.23. The highest BCUT2D eigenvalue weighted by Gasteiger charge is 2.33. The van der Waals surface area contributed by atoms with E-state index in [9.17, 15) is 9.18 Å². The first kappa shape index (κ1) is 17.0. The number of benzene rings is 1. The molecule has 6 heteroatoms. The molecule has 1 aliphatic heterocycles. The Morgan fingerprint density at radius 1 is 1.46 bits per heavy atom. The highest BCUT2D eigenvalue weighted by Crippen LogP contribution is 2.26. The Labute approximate surface area is 145 Å². The number of carbonyl (C=O) groups is 1. The first-order valence-corrected chi connectivity index (χ1v) is 8.47. The molecule has 0 saturated carbocycles.